The largest absolute Gasteiger partial charge is 0.324 e. The van der Waals surface area contributed by atoms with Gasteiger partial charge in [0.15, 0.2) is 0 Å². The summed E-state index contributed by atoms with van der Waals surface area (Å²) in [5.74, 6) is -0.307. The number of hydrogen-bond donors (Lipinski definition) is 3. The highest BCUT2D eigenvalue weighted by atomic mass is 16.2. The highest BCUT2D eigenvalue weighted by Crippen LogP contribution is 2.24. The maximum atomic E-state index is 12.6. The van der Waals surface area contributed by atoms with E-state index in [9.17, 15) is 9.59 Å². The molecule has 0 bridgehead atoms. The summed E-state index contributed by atoms with van der Waals surface area (Å²) >= 11 is 0. The van der Waals surface area contributed by atoms with Crippen molar-refractivity contribution in [2.24, 2.45) is 0 Å². The Labute approximate surface area is 155 Å². The number of carbonyl (C=O) groups excluding carboxylic acids is 2. The first-order valence-electron chi connectivity index (χ1n) is 8.76. The highest BCUT2D eigenvalue weighted by Gasteiger charge is 2.15. The number of rotatable bonds is 6. The maximum Gasteiger partial charge on any atom is 0.255 e. The van der Waals surface area contributed by atoms with Crippen molar-refractivity contribution < 1.29 is 9.59 Å². The van der Waals surface area contributed by atoms with Crippen LogP contribution in [0.25, 0.3) is 0 Å². The first kappa shape index (κ1) is 19.7. The smallest absolute Gasteiger partial charge is 0.255 e. The minimum absolute atomic E-state index is 0.0409. The quantitative estimate of drug-likeness (QED) is 0.740. The molecular formula is C21H27N3O2. The summed E-state index contributed by atoms with van der Waals surface area (Å²) in [7, 11) is 1.80. The molecule has 0 radical (unpaired) electrons. The number of amides is 2. The number of nitrogens with one attached hydrogen (secondary N) is 3. The molecule has 0 heterocycles. The second-order valence-corrected chi connectivity index (χ2v) is 7.23. The Morgan fingerprint density at radius 2 is 1.46 bits per heavy atom. The van der Waals surface area contributed by atoms with E-state index in [1.54, 1.807) is 19.2 Å². The molecule has 138 valence electrons. The molecule has 0 saturated carbocycles. The zero-order valence-electron chi connectivity index (χ0n) is 15.8. The zero-order chi connectivity index (χ0) is 19.2. The van der Waals surface area contributed by atoms with Gasteiger partial charge in [0.25, 0.3) is 5.91 Å². The predicted molar refractivity (Wildman–Crippen MR) is 107 cm³/mol. The van der Waals surface area contributed by atoms with E-state index < -0.39 is 0 Å². The summed E-state index contributed by atoms with van der Waals surface area (Å²) in [5, 5.41) is 8.65. The molecule has 5 heteroatoms. The molecule has 2 amide bonds. The summed E-state index contributed by atoms with van der Waals surface area (Å²) in [4.78, 5) is 24.5. The highest BCUT2D eigenvalue weighted by molar-refractivity contribution is 6.07. The van der Waals surface area contributed by atoms with Crippen LogP contribution in [0.15, 0.2) is 48.5 Å². The van der Waals surface area contributed by atoms with E-state index in [2.05, 4.69) is 36.7 Å². The number of benzene rings is 2. The van der Waals surface area contributed by atoms with Crippen molar-refractivity contribution in [1.82, 2.24) is 5.32 Å². The first-order chi connectivity index (χ1) is 12.3. The molecule has 0 fully saturated rings. The first-order valence-corrected chi connectivity index (χ1v) is 8.76. The van der Waals surface area contributed by atoms with Crippen molar-refractivity contribution in [2.75, 3.05) is 24.2 Å². The van der Waals surface area contributed by atoms with Gasteiger partial charge in [-0.3, -0.25) is 9.59 Å². The van der Waals surface area contributed by atoms with Gasteiger partial charge in [-0.15, -0.1) is 0 Å². The van der Waals surface area contributed by atoms with Gasteiger partial charge in [0.1, 0.15) is 0 Å². The van der Waals surface area contributed by atoms with Gasteiger partial charge in [0.2, 0.25) is 5.91 Å². The van der Waals surface area contributed by atoms with Crippen molar-refractivity contribution >= 4 is 23.2 Å². The van der Waals surface area contributed by atoms with Gasteiger partial charge in [-0.2, -0.15) is 0 Å². The molecule has 0 spiro atoms. The Morgan fingerprint density at radius 1 is 0.885 bits per heavy atom. The SMILES string of the molecule is CNCCC(=O)Nc1ccccc1NC(=O)c1ccc(C(C)(C)C)cc1. The lowest BCUT2D eigenvalue weighted by Crippen LogP contribution is -2.20. The third kappa shape index (κ3) is 5.43. The van der Waals surface area contributed by atoms with Crippen LogP contribution in [0, 0.1) is 0 Å². The molecule has 5 nitrogen and oxygen atoms in total. The van der Waals surface area contributed by atoms with Crippen LogP contribution in [-0.2, 0) is 10.2 Å². The average Bonchev–Trinajstić information content (AvgIpc) is 2.61. The lowest BCUT2D eigenvalue weighted by Gasteiger charge is -2.19. The molecule has 0 aromatic heterocycles. The molecule has 2 aromatic carbocycles. The molecular weight excluding hydrogens is 326 g/mol. The minimum atomic E-state index is -0.206. The maximum absolute atomic E-state index is 12.6. The van der Waals surface area contributed by atoms with Crippen molar-refractivity contribution in [1.29, 1.82) is 0 Å². The summed E-state index contributed by atoms with van der Waals surface area (Å²) < 4.78 is 0. The molecule has 0 atom stereocenters. The number of hydrogen-bond acceptors (Lipinski definition) is 3. The Morgan fingerprint density at radius 3 is 2.00 bits per heavy atom. The van der Waals surface area contributed by atoms with Gasteiger partial charge in [-0.25, -0.2) is 0 Å². The second-order valence-electron chi connectivity index (χ2n) is 7.23. The Hall–Kier alpha value is -2.66. The fourth-order valence-corrected chi connectivity index (χ4v) is 2.47. The van der Waals surface area contributed by atoms with E-state index in [1.807, 2.05) is 36.4 Å². The summed E-state index contributed by atoms with van der Waals surface area (Å²) in [6, 6.07) is 14.8. The average molecular weight is 353 g/mol. The van der Waals surface area contributed by atoms with Gasteiger partial charge in [0.05, 0.1) is 11.4 Å². The lowest BCUT2D eigenvalue weighted by molar-refractivity contribution is -0.116. The molecule has 0 aliphatic rings. The Bertz CT molecular complexity index is 762. The fraction of sp³-hybridized carbons (Fsp3) is 0.333. The van der Waals surface area contributed by atoms with Crippen molar-refractivity contribution in [3.8, 4) is 0 Å². The standard InChI is InChI=1S/C21H27N3O2/c1-21(2,3)16-11-9-15(10-12-16)20(26)24-18-8-6-5-7-17(18)23-19(25)13-14-22-4/h5-12,22H,13-14H2,1-4H3,(H,23,25)(H,24,26). The predicted octanol–water partition coefficient (Wildman–Crippen LogP) is 3.78. The van der Waals surface area contributed by atoms with E-state index in [1.165, 1.54) is 5.56 Å². The molecule has 0 unspecified atom stereocenters. The van der Waals surface area contributed by atoms with E-state index in [0.717, 1.165) is 0 Å². The van der Waals surface area contributed by atoms with Crippen LogP contribution in [0.2, 0.25) is 0 Å². The Kier molecular flexibility index (Phi) is 6.52. The van der Waals surface area contributed by atoms with Crippen LogP contribution in [0.1, 0.15) is 43.1 Å². The van der Waals surface area contributed by atoms with Crippen LogP contribution in [-0.4, -0.2) is 25.4 Å². The van der Waals surface area contributed by atoms with E-state index in [4.69, 9.17) is 0 Å². The molecule has 2 rings (SSSR count). The van der Waals surface area contributed by atoms with E-state index in [0.29, 0.717) is 29.9 Å². The van der Waals surface area contributed by atoms with Crippen LogP contribution in [0.5, 0.6) is 0 Å². The molecule has 0 aliphatic heterocycles. The fourth-order valence-electron chi connectivity index (χ4n) is 2.47. The van der Waals surface area contributed by atoms with Gasteiger partial charge in [-0.1, -0.05) is 45.0 Å². The van der Waals surface area contributed by atoms with Gasteiger partial charge >= 0.3 is 0 Å². The van der Waals surface area contributed by atoms with Crippen molar-refractivity contribution in [2.45, 2.75) is 32.6 Å². The third-order valence-electron chi connectivity index (χ3n) is 4.06. The van der Waals surface area contributed by atoms with Crippen molar-refractivity contribution in [3.63, 3.8) is 0 Å². The molecule has 2 aromatic rings. The lowest BCUT2D eigenvalue weighted by atomic mass is 9.87. The van der Waals surface area contributed by atoms with Crippen LogP contribution >= 0.6 is 0 Å². The Balaban J connectivity index is 2.10. The topological polar surface area (TPSA) is 70.2 Å². The van der Waals surface area contributed by atoms with E-state index >= 15 is 0 Å². The van der Waals surface area contributed by atoms with Gasteiger partial charge in [-0.05, 0) is 42.3 Å². The molecule has 26 heavy (non-hydrogen) atoms. The monoisotopic (exact) mass is 353 g/mol. The normalized spacial score (nSPS) is 11.1. The molecule has 0 saturated heterocycles. The third-order valence-corrected chi connectivity index (χ3v) is 4.06. The van der Waals surface area contributed by atoms with E-state index in [-0.39, 0.29) is 17.2 Å². The number of carbonyl (C=O) groups is 2. The van der Waals surface area contributed by atoms with Crippen LogP contribution < -0.4 is 16.0 Å². The summed E-state index contributed by atoms with van der Waals surface area (Å²) in [6.07, 6.45) is 0.368. The number of anilines is 2. The molecule has 0 aliphatic carbocycles. The summed E-state index contributed by atoms with van der Waals surface area (Å²) in [5.41, 5.74) is 2.96. The number of para-hydroxylation sites is 2. The molecule has 3 N–H and O–H groups in total. The second kappa shape index (κ2) is 8.63. The van der Waals surface area contributed by atoms with Gasteiger partial charge < -0.3 is 16.0 Å². The minimum Gasteiger partial charge on any atom is -0.324 e. The summed E-state index contributed by atoms with van der Waals surface area (Å²) in [6.45, 7) is 7.00. The van der Waals surface area contributed by atoms with Crippen LogP contribution in [0.3, 0.4) is 0 Å². The van der Waals surface area contributed by atoms with Crippen molar-refractivity contribution in [3.05, 3.63) is 59.7 Å². The van der Waals surface area contributed by atoms with Crippen LogP contribution in [0.4, 0.5) is 11.4 Å². The zero-order valence-corrected chi connectivity index (χ0v) is 15.8. The van der Waals surface area contributed by atoms with Gasteiger partial charge in [0, 0.05) is 18.5 Å².